The number of ether oxygens (including phenoxy) is 1. The Morgan fingerprint density at radius 3 is 2.60 bits per heavy atom. The van der Waals surface area contributed by atoms with Gasteiger partial charge in [-0.05, 0) is 41.8 Å². The summed E-state index contributed by atoms with van der Waals surface area (Å²) >= 11 is 1.83. The Bertz CT molecular complexity index is 747. The minimum Gasteiger partial charge on any atom is -0.379 e. The summed E-state index contributed by atoms with van der Waals surface area (Å²) in [5.74, 6) is 1.46. The Morgan fingerprint density at radius 1 is 1.13 bits per heavy atom. The van der Waals surface area contributed by atoms with E-state index in [4.69, 9.17) is 9.73 Å². The molecule has 1 fully saturated rings. The van der Waals surface area contributed by atoms with Crippen molar-refractivity contribution in [3.05, 3.63) is 57.8 Å². The maximum absolute atomic E-state index is 5.47. The first-order valence-electron chi connectivity index (χ1n) is 10.7. The molecule has 0 aliphatic carbocycles. The van der Waals surface area contributed by atoms with Crippen LogP contribution in [0.25, 0.3) is 0 Å². The van der Waals surface area contributed by atoms with Gasteiger partial charge in [-0.25, -0.2) is 4.99 Å². The number of nitrogens with one attached hydrogen (secondary N) is 2. The number of aliphatic imine (C=N–C) groups is 1. The van der Waals surface area contributed by atoms with Gasteiger partial charge in [0.05, 0.1) is 19.8 Å². The highest BCUT2D eigenvalue weighted by Crippen LogP contribution is 2.15. The Labute approximate surface area is 202 Å². The fourth-order valence-electron chi connectivity index (χ4n) is 3.49. The lowest BCUT2D eigenvalue weighted by atomic mass is 10.1. The monoisotopic (exact) mass is 542 g/mol. The van der Waals surface area contributed by atoms with Crippen molar-refractivity contribution in [3.63, 3.8) is 0 Å². The van der Waals surface area contributed by atoms with Crippen LogP contribution in [-0.2, 0) is 24.2 Å². The van der Waals surface area contributed by atoms with Crippen LogP contribution in [0.3, 0.4) is 0 Å². The minimum atomic E-state index is 0. The molecule has 0 amide bonds. The number of halogens is 1. The van der Waals surface area contributed by atoms with Gasteiger partial charge in [0.1, 0.15) is 0 Å². The largest absolute Gasteiger partial charge is 0.379 e. The summed E-state index contributed by atoms with van der Waals surface area (Å²) in [6.45, 7) is 11.5. The molecule has 1 atom stereocenters. The van der Waals surface area contributed by atoms with Gasteiger partial charge in [-0.1, -0.05) is 37.3 Å². The lowest BCUT2D eigenvalue weighted by molar-refractivity contribution is 0.0341. The second-order valence-electron chi connectivity index (χ2n) is 7.62. The van der Waals surface area contributed by atoms with Crippen LogP contribution in [-0.4, -0.2) is 50.3 Å². The Hall–Kier alpha value is -1.16. The Kier molecular flexibility index (Phi) is 11.7. The van der Waals surface area contributed by atoms with Gasteiger partial charge in [0.25, 0.3) is 0 Å². The van der Waals surface area contributed by atoms with E-state index in [2.05, 4.69) is 71.2 Å². The fourth-order valence-corrected chi connectivity index (χ4v) is 4.36. The van der Waals surface area contributed by atoms with Gasteiger partial charge in [-0.2, -0.15) is 0 Å². The van der Waals surface area contributed by atoms with Crippen molar-refractivity contribution >= 4 is 41.3 Å². The van der Waals surface area contributed by atoms with E-state index in [0.717, 1.165) is 58.3 Å². The van der Waals surface area contributed by atoms with Crippen molar-refractivity contribution in [3.8, 4) is 0 Å². The first-order chi connectivity index (χ1) is 14.2. The Morgan fingerprint density at radius 2 is 1.90 bits per heavy atom. The summed E-state index contributed by atoms with van der Waals surface area (Å²) in [5.41, 5.74) is 2.66. The van der Waals surface area contributed by atoms with Crippen molar-refractivity contribution < 1.29 is 4.74 Å². The molecule has 7 heteroatoms. The number of benzene rings is 1. The molecule has 2 N–H and O–H groups in total. The molecule has 1 unspecified atom stereocenters. The van der Waals surface area contributed by atoms with Crippen LogP contribution in [0.4, 0.5) is 0 Å². The molecule has 0 radical (unpaired) electrons. The van der Waals surface area contributed by atoms with E-state index in [1.54, 1.807) is 0 Å². The minimum absolute atomic E-state index is 0. The number of guanidine groups is 1. The van der Waals surface area contributed by atoms with Gasteiger partial charge < -0.3 is 15.4 Å². The van der Waals surface area contributed by atoms with E-state index in [1.807, 2.05) is 11.3 Å². The second kappa shape index (κ2) is 14.0. The molecule has 0 bridgehead atoms. The molecule has 1 aromatic heterocycles. The second-order valence-corrected chi connectivity index (χ2v) is 8.65. The topological polar surface area (TPSA) is 48.9 Å². The predicted molar refractivity (Wildman–Crippen MR) is 138 cm³/mol. The van der Waals surface area contributed by atoms with E-state index in [9.17, 15) is 0 Å². The van der Waals surface area contributed by atoms with Gasteiger partial charge in [0, 0.05) is 37.6 Å². The van der Waals surface area contributed by atoms with Crippen LogP contribution >= 0.6 is 35.3 Å². The van der Waals surface area contributed by atoms with E-state index < -0.39 is 0 Å². The summed E-state index contributed by atoms with van der Waals surface area (Å²) < 4.78 is 5.47. The molecule has 5 nitrogen and oxygen atoms in total. The van der Waals surface area contributed by atoms with Crippen LogP contribution in [0.5, 0.6) is 0 Å². The molecule has 2 aromatic rings. The molecule has 1 aliphatic heterocycles. The molecule has 2 heterocycles. The van der Waals surface area contributed by atoms with E-state index in [0.29, 0.717) is 12.5 Å². The molecular weight excluding hydrogens is 507 g/mol. The SMILES string of the molecule is CCNC(=NCc1ccccc1CN1CCOCC1)NCC(C)Cc1cccs1.I. The molecule has 166 valence electrons. The zero-order valence-electron chi connectivity index (χ0n) is 18.1. The van der Waals surface area contributed by atoms with Gasteiger partial charge in [-0.15, -0.1) is 35.3 Å². The summed E-state index contributed by atoms with van der Waals surface area (Å²) in [4.78, 5) is 8.76. The Balaban J connectivity index is 0.00000320. The van der Waals surface area contributed by atoms with Crippen molar-refractivity contribution in [2.45, 2.75) is 33.4 Å². The van der Waals surface area contributed by atoms with Gasteiger partial charge >= 0.3 is 0 Å². The highest BCUT2D eigenvalue weighted by Gasteiger charge is 2.13. The summed E-state index contributed by atoms with van der Waals surface area (Å²) in [6.07, 6.45) is 1.10. The molecule has 30 heavy (non-hydrogen) atoms. The normalized spacial score (nSPS) is 16.0. The number of morpholine rings is 1. The highest BCUT2D eigenvalue weighted by molar-refractivity contribution is 14.0. The summed E-state index contributed by atoms with van der Waals surface area (Å²) in [5, 5.41) is 9.05. The van der Waals surface area contributed by atoms with Gasteiger partial charge in [-0.3, -0.25) is 4.90 Å². The van der Waals surface area contributed by atoms with Crippen molar-refractivity contribution in [2.24, 2.45) is 10.9 Å². The maximum atomic E-state index is 5.47. The van der Waals surface area contributed by atoms with Crippen LogP contribution in [0.1, 0.15) is 29.9 Å². The average Bonchev–Trinajstić information content (AvgIpc) is 3.25. The van der Waals surface area contributed by atoms with Gasteiger partial charge in [0.15, 0.2) is 5.96 Å². The smallest absolute Gasteiger partial charge is 0.191 e. The molecule has 0 saturated carbocycles. The highest BCUT2D eigenvalue weighted by atomic mass is 127. The van der Waals surface area contributed by atoms with E-state index >= 15 is 0 Å². The maximum Gasteiger partial charge on any atom is 0.191 e. The number of nitrogens with zero attached hydrogens (tertiary/aromatic N) is 2. The lowest BCUT2D eigenvalue weighted by Gasteiger charge is -2.27. The fraction of sp³-hybridized carbons (Fsp3) is 0.522. The van der Waals surface area contributed by atoms with Crippen molar-refractivity contribution in [2.75, 3.05) is 39.4 Å². The van der Waals surface area contributed by atoms with E-state index in [-0.39, 0.29) is 24.0 Å². The van der Waals surface area contributed by atoms with Crippen LogP contribution in [0.15, 0.2) is 46.8 Å². The van der Waals surface area contributed by atoms with E-state index in [1.165, 1.54) is 16.0 Å². The van der Waals surface area contributed by atoms with Crippen molar-refractivity contribution in [1.29, 1.82) is 0 Å². The number of rotatable bonds is 9. The molecule has 1 saturated heterocycles. The molecule has 3 rings (SSSR count). The summed E-state index contributed by atoms with van der Waals surface area (Å²) in [6, 6.07) is 13.0. The lowest BCUT2D eigenvalue weighted by Crippen LogP contribution is -2.39. The third kappa shape index (κ3) is 8.53. The zero-order chi connectivity index (χ0) is 20.3. The summed E-state index contributed by atoms with van der Waals surface area (Å²) in [7, 11) is 0. The van der Waals surface area contributed by atoms with Crippen LogP contribution in [0.2, 0.25) is 0 Å². The third-order valence-corrected chi connectivity index (χ3v) is 6.01. The number of hydrogen-bond acceptors (Lipinski definition) is 4. The molecule has 0 spiro atoms. The quantitative estimate of drug-likeness (QED) is 0.284. The van der Waals surface area contributed by atoms with Crippen LogP contribution < -0.4 is 10.6 Å². The first-order valence-corrected chi connectivity index (χ1v) is 11.5. The molecule has 1 aromatic carbocycles. The number of thiophene rings is 1. The number of hydrogen-bond donors (Lipinski definition) is 2. The standard InChI is InChI=1S/C23H34N4OS.HI/c1-3-24-23(25-16-19(2)15-22-9-6-14-29-22)26-17-20-7-4-5-8-21(20)18-27-10-12-28-13-11-27;/h4-9,14,19H,3,10-13,15-18H2,1-2H3,(H2,24,25,26);1H. The zero-order valence-corrected chi connectivity index (χ0v) is 21.2. The van der Waals surface area contributed by atoms with Crippen molar-refractivity contribution in [1.82, 2.24) is 15.5 Å². The average molecular weight is 543 g/mol. The van der Waals surface area contributed by atoms with Gasteiger partial charge in [0.2, 0.25) is 0 Å². The van der Waals surface area contributed by atoms with Crippen LogP contribution in [0, 0.1) is 5.92 Å². The first kappa shape index (κ1) is 25.1. The predicted octanol–water partition coefficient (Wildman–Crippen LogP) is 4.13. The molecular formula is C23H35IN4OS. The molecule has 1 aliphatic rings. The third-order valence-electron chi connectivity index (χ3n) is 5.12.